The van der Waals surface area contributed by atoms with Gasteiger partial charge in [-0.25, -0.2) is 4.79 Å². The van der Waals surface area contributed by atoms with Crippen LogP contribution in [0.4, 0.5) is 0 Å². The van der Waals surface area contributed by atoms with Crippen molar-refractivity contribution in [1.29, 1.82) is 0 Å². The van der Waals surface area contributed by atoms with E-state index in [0.29, 0.717) is 0 Å². The van der Waals surface area contributed by atoms with Gasteiger partial charge in [-0.15, -0.1) is 0 Å². The van der Waals surface area contributed by atoms with E-state index in [0.717, 1.165) is 38.1 Å². The minimum Gasteiger partial charge on any atom is -0.296 e. The first-order valence-electron chi connectivity index (χ1n) is 4.85. The predicted octanol–water partition coefficient (Wildman–Crippen LogP) is 1.59. The Morgan fingerprint density at radius 3 is 2.77 bits per heavy atom. The molecule has 74 valence electrons. The van der Waals surface area contributed by atoms with Gasteiger partial charge in [0.1, 0.15) is 0 Å². The topological polar surface area (TPSA) is 48.0 Å². The largest absolute Gasteiger partial charge is 0.441 e. The summed E-state index contributed by atoms with van der Waals surface area (Å²) in [5.41, 5.74) is 0. The molecule has 0 atom stereocenters. The van der Waals surface area contributed by atoms with Crippen LogP contribution >= 0.6 is 0 Å². The quantitative estimate of drug-likeness (QED) is 0.698. The van der Waals surface area contributed by atoms with Gasteiger partial charge in [-0.05, 0) is 12.8 Å². The Morgan fingerprint density at radius 1 is 1.38 bits per heavy atom. The zero-order chi connectivity index (χ0) is 9.68. The van der Waals surface area contributed by atoms with Crippen molar-refractivity contribution in [3.63, 3.8) is 0 Å². The van der Waals surface area contributed by atoms with E-state index in [1.165, 1.54) is 0 Å². The van der Waals surface area contributed by atoms with Crippen LogP contribution in [0, 0.1) is 0 Å². The lowest BCUT2D eigenvalue weighted by molar-refractivity contribution is 0.372. The van der Waals surface area contributed by atoms with Crippen molar-refractivity contribution in [2.75, 3.05) is 0 Å². The summed E-state index contributed by atoms with van der Waals surface area (Å²) in [5.74, 6) is 0.456. The number of unbranched alkanes of at least 4 members (excludes halogenated alkanes) is 1. The molecule has 1 rings (SSSR count). The maximum atomic E-state index is 11.2. The average Bonchev–Trinajstić information content (AvgIpc) is 2.45. The first kappa shape index (κ1) is 10.0. The fourth-order valence-corrected chi connectivity index (χ4v) is 1.24. The van der Waals surface area contributed by atoms with E-state index in [9.17, 15) is 4.79 Å². The lowest BCUT2D eigenvalue weighted by Crippen LogP contribution is -2.17. The van der Waals surface area contributed by atoms with E-state index in [-0.39, 0.29) is 5.76 Å². The van der Waals surface area contributed by atoms with Crippen molar-refractivity contribution < 1.29 is 4.52 Å². The molecule has 1 aromatic rings. The van der Waals surface area contributed by atoms with Crippen molar-refractivity contribution in [3.8, 4) is 0 Å². The molecule has 13 heavy (non-hydrogen) atoms. The molecular weight excluding hydrogens is 168 g/mol. The second-order valence-corrected chi connectivity index (χ2v) is 3.12. The van der Waals surface area contributed by atoms with Crippen LogP contribution in [0.5, 0.6) is 0 Å². The van der Waals surface area contributed by atoms with Crippen LogP contribution in [0.15, 0.2) is 9.32 Å². The van der Waals surface area contributed by atoms with E-state index in [4.69, 9.17) is 0 Å². The highest BCUT2D eigenvalue weighted by Gasteiger charge is 2.07. The molecule has 0 N–H and O–H groups in total. The average molecular weight is 184 g/mol. The fraction of sp³-hybridized carbons (Fsp3) is 0.778. The summed E-state index contributed by atoms with van der Waals surface area (Å²) in [6.07, 6.45) is 3.87. The van der Waals surface area contributed by atoms with Gasteiger partial charge in [0.2, 0.25) is 0 Å². The lowest BCUT2D eigenvalue weighted by atomic mass is 10.3. The summed E-state index contributed by atoms with van der Waals surface area (Å²) in [6.45, 7) is 4.88. The Kier molecular flexibility index (Phi) is 3.73. The summed E-state index contributed by atoms with van der Waals surface area (Å²) in [6, 6.07) is 0. The molecule has 0 aromatic carbocycles. The first-order chi connectivity index (χ1) is 6.29. The van der Waals surface area contributed by atoms with E-state index < -0.39 is 0 Å². The highest BCUT2D eigenvalue weighted by Crippen LogP contribution is 1.99. The van der Waals surface area contributed by atoms with E-state index in [1.54, 1.807) is 4.57 Å². The normalized spacial score (nSPS) is 10.6. The Bertz CT molecular complexity index is 301. The zero-order valence-electron chi connectivity index (χ0n) is 8.25. The number of aryl methyl sites for hydroxylation is 1. The van der Waals surface area contributed by atoms with Gasteiger partial charge in [0.25, 0.3) is 0 Å². The van der Waals surface area contributed by atoms with Gasteiger partial charge in [0.15, 0.2) is 5.82 Å². The van der Waals surface area contributed by atoms with Crippen LogP contribution in [0.3, 0.4) is 0 Å². The molecule has 1 aromatic heterocycles. The number of rotatable bonds is 5. The van der Waals surface area contributed by atoms with Gasteiger partial charge in [-0.2, -0.15) is 0 Å². The van der Waals surface area contributed by atoms with Crippen LogP contribution in [-0.2, 0) is 13.0 Å². The minimum absolute atomic E-state index is 0.322. The van der Waals surface area contributed by atoms with Crippen molar-refractivity contribution in [2.45, 2.75) is 46.1 Å². The molecule has 0 aliphatic heterocycles. The molecule has 0 spiro atoms. The fourth-order valence-electron chi connectivity index (χ4n) is 1.24. The third kappa shape index (κ3) is 2.44. The summed E-state index contributed by atoms with van der Waals surface area (Å²) in [4.78, 5) is 11.2. The SMILES string of the molecule is CCCCn1c(CCC)noc1=O. The van der Waals surface area contributed by atoms with E-state index in [2.05, 4.69) is 23.5 Å². The van der Waals surface area contributed by atoms with Crippen molar-refractivity contribution in [2.24, 2.45) is 0 Å². The first-order valence-corrected chi connectivity index (χ1v) is 4.85. The lowest BCUT2D eigenvalue weighted by Gasteiger charge is -2.00. The highest BCUT2D eigenvalue weighted by atomic mass is 16.5. The van der Waals surface area contributed by atoms with Crippen LogP contribution in [0.25, 0.3) is 0 Å². The Labute approximate surface area is 77.5 Å². The van der Waals surface area contributed by atoms with Crippen LogP contribution in [0.2, 0.25) is 0 Å². The Hall–Kier alpha value is -1.06. The van der Waals surface area contributed by atoms with Gasteiger partial charge >= 0.3 is 5.76 Å². The second kappa shape index (κ2) is 4.84. The monoisotopic (exact) mass is 184 g/mol. The molecular formula is C9H16N2O2. The van der Waals surface area contributed by atoms with Crippen molar-refractivity contribution in [1.82, 2.24) is 9.72 Å². The molecule has 1 heterocycles. The van der Waals surface area contributed by atoms with E-state index in [1.807, 2.05) is 0 Å². The summed E-state index contributed by atoms with van der Waals surface area (Å²) < 4.78 is 6.23. The third-order valence-electron chi connectivity index (χ3n) is 1.97. The summed E-state index contributed by atoms with van der Waals surface area (Å²) in [5, 5.41) is 3.73. The molecule has 0 radical (unpaired) electrons. The summed E-state index contributed by atoms with van der Waals surface area (Å²) >= 11 is 0. The molecule has 0 aliphatic rings. The number of hydrogen-bond donors (Lipinski definition) is 0. The predicted molar refractivity (Wildman–Crippen MR) is 49.7 cm³/mol. The van der Waals surface area contributed by atoms with Gasteiger partial charge in [0, 0.05) is 13.0 Å². The standard InChI is InChI=1S/C9H16N2O2/c1-3-5-7-11-8(6-4-2)10-13-9(11)12/h3-7H2,1-2H3. The van der Waals surface area contributed by atoms with Crippen LogP contribution in [0.1, 0.15) is 38.9 Å². The molecule has 0 bridgehead atoms. The molecule has 0 saturated heterocycles. The minimum atomic E-state index is -0.322. The molecule has 4 heteroatoms. The van der Waals surface area contributed by atoms with E-state index >= 15 is 0 Å². The molecule has 0 saturated carbocycles. The smallest absolute Gasteiger partial charge is 0.296 e. The maximum absolute atomic E-state index is 11.2. The van der Waals surface area contributed by atoms with Crippen molar-refractivity contribution in [3.05, 3.63) is 16.4 Å². The molecule has 0 fully saturated rings. The second-order valence-electron chi connectivity index (χ2n) is 3.12. The van der Waals surface area contributed by atoms with Gasteiger partial charge in [-0.3, -0.25) is 9.09 Å². The molecule has 0 amide bonds. The van der Waals surface area contributed by atoms with Crippen molar-refractivity contribution >= 4 is 0 Å². The molecule has 0 unspecified atom stereocenters. The summed E-state index contributed by atoms with van der Waals surface area (Å²) in [7, 11) is 0. The van der Waals surface area contributed by atoms with Crippen LogP contribution < -0.4 is 5.76 Å². The maximum Gasteiger partial charge on any atom is 0.441 e. The van der Waals surface area contributed by atoms with Gasteiger partial charge < -0.3 is 0 Å². The Balaban J connectivity index is 2.75. The van der Waals surface area contributed by atoms with Crippen LogP contribution in [-0.4, -0.2) is 9.72 Å². The van der Waals surface area contributed by atoms with Gasteiger partial charge in [-0.1, -0.05) is 25.4 Å². The zero-order valence-corrected chi connectivity index (χ0v) is 8.25. The third-order valence-corrected chi connectivity index (χ3v) is 1.97. The number of hydrogen-bond acceptors (Lipinski definition) is 3. The highest BCUT2D eigenvalue weighted by molar-refractivity contribution is 4.83. The molecule has 4 nitrogen and oxygen atoms in total. The van der Waals surface area contributed by atoms with Gasteiger partial charge in [0.05, 0.1) is 0 Å². The molecule has 0 aliphatic carbocycles. The Morgan fingerprint density at radius 2 is 2.15 bits per heavy atom. The number of nitrogens with zero attached hydrogens (tertiary/aromatic N) is 2. The number of aromatic nitrogens is 2.